The number of amides is 2. The number of hydrogen-bond donors (Lipinski definition) is 1. The average molecular weight is 447 g/mol. The first kappa shape index (κ1) is 20.5. The van der Waals surface area contributed by atoms with Gasteiger partial charge in [-0.25, -0.2) is 4.79 Å². The summed E-state index contributed by atoms with van der Waals surface area (Å²) in [6.45, 7) is 3.46. The van der Waals surface area contributed by atoms with Crippen LogP contribution in [-0.2, 0) is 6.42 Å². The Kier molecular flexibility index (Phi) is 6.83. The molecule has 2 amide bonds. The molecule has 2 aromatic carbocycles. The molecule has 0 aliphatic carbocycles. The molecule has 1 N–H and O–H groups in total. The molecule has 28 heavy (non-hydrogen) atoms. The summed E-state index contributed by atoms with van der Waals surface area (Å²) in [6, 6.07) is 12.0. The number of rotatable bonds is 6. The highest BCUT2D eigenvalue weighted by Crippen LogP contribution is 2.41. The van der Waals surface area contributed by atoms with Crippen LogP contribution < -0.4 is 14.8 Å². The number of ether oxygens (including phenoxy) is 2. The maximum atomic E-state index is 13.0. The molecule has 0 fully saturated rings. The number of urea groups is 1. The maximum absolute atomic E-state index is 13.0. The Labute approximate surface area is 175 Å². The van der Waals surface area contributed by atoms with Crippen molar-refractivity contribution < 1.29 is 14.3 Å². The molecule has 0 bridgehead atoms. The second-order valence-corrected chi connectivity index (χ2v) is 7.80. The Bertz CT molecular complexity index is 823. The summed E-state index contributed by atoms with van der Waals surface area (Å²) < 4.78 is 12.0. The van der Waals surface area contributed by atoms with Gasteiger partial charge in [-0.2, -0.15) is 0 Å². The molecule has 1 aliphatic rings. The molecule has 3 rings (SSSR count). The molecule has 1 atom stereocenters. The molecule has 150 valence electrons. The number of benzene rings is 2. The first-order valence-electron chi connectivity index (χ1n) is 9.63. The number of carbonyl (C=O) groups excluding carboxylic acids is 1. The van der Waals surface area contributed by atoms with Gasteiger partial charge in [0.05, 0.1) is 20.3 Å². The molecular formula is C22H27BrN2O3. The monoisotopic (exact) mass is 446 g/mol. The van der Waals surface area contributed by atoms with E-state index in [2.05, 4.69) is 40.3 Å². The molecule has 0 aromatic heterocycles. The minimum atomic E-state index is -0.168. The first-order chi connectivity index (χ1) is 13.6. The van der Waals surface area contributed by atoms with Gasteiger partial charge in [-0.15, -0.1) is 0 Å². The van der Waals surface area contributed by atoms with E-state index in [0.29, 0.717) is 18.8 Å². The predicted molar refractivity (Wildman–Crippen MR) is 114 cm³/mol. The van der Waals surface area contributed by atoms with Gasteiger partial charge >= 0.3 is 6.03 Å². The van der Waals surface area contributed by atoms with E-state index in [4.69, 9.17) is 9.47 Å². The number of carbonyl (C=O) groups is 1. The second-order valence-electron chi connectivity index (χ2n) is 6.89. The summed E-state index contributed by atoms with van der Waals surface area (Å²) in [5, 5.41) is 3.07. The second kappa shape index (κ2) is 9.32. The predicted octanol–water partition coefficient (Wildman–Crippen LogP) is 4.92. The van der Waals surface area contributed by atoms with Crippen LogP contribution in [0.2, 0.25) is 0 Å². The van der Waals surface area contributed by atoms with E-state index in [1.54, 1.807) is 14.2 Å². The van der Waals surface area contributed by atoms with Gasteiger partial charge < -0.3 is 19.7 Å². The van der Waals surface area contributed by atoms with E-state index in [9.17, 15) is 4.79 Å². The molecule has 1 aliphatic heterocycles. The Hall–Kier alpha value is -2.21. The van der Waals surface area contributed by atoms with E-state index in [1.165, 1.54) is 5.56 Å². The van der Waals surface area contributed by atoms with Crippen LogP contribution in [0.1, 0.15) is 42.5 Å². The quantitative estimate of drug-likeness (QED) is 0.640. The van der Waals surface area contributed by atoms with Crippen molar-refractivity contribution in [2.45, 2.75) is 32.2 Å². The van der Waals surface area contributed by atoms with Crippen LogP contribution in [-0.4, -0.2) is 38.2 Å². The smallest absolute Gasteiger partial charge is 0.318 e. The molecule has 0 radical (unpaired) electrons. The van der Waals surface area contributed by atoms with E-state index in [-0.39, 0.29) is 12.1 Å². The molecule has 1 heterocycles. The Morgan fingerprint density at radius 2 is 1.86 bits per heavy atom. The fraction of sp³-hybridized carbons (Fsp3) is 0.409. The van der Waals surface area contributed by atoms with Crippen LogP contribution in [0, 0.1) is 0 Å². The highest BCUT2D eigenvalue weighted by atomic mass is 79.9. The van der Waals surface area contributed by atoms with Gasteiger partial charge in [-0.3, -0.25) is 0 Å². The normalized spacial score (nSPS) is 15.7. The summed E-state index contributed by atoms with van der Waals surface area (Å²) in [5.41, 5.74) is 3.34. The zero-order valence-corrected chi connectivity index (χ0v) is 18.2. The first-order valence-corrected chi connectivity index (χ1v) is 10.4. The van der Waals surface area contributed by atoms with Crippen molar-refractivity contribution in [2.24, 2.45) is 0 Å². The van der Waals surface area contributed by atoms with E-state index in [1.807, 2.05) is 29.2 Å². The highest BCUT2D eigenvalue weighted by Gasteiger charge is 2.33. The van der Waals surface area contributed by atoms with Gasteiger partial charge in [0.15, 0.2) is 11.5 Å². The molecule has 0 spiro atoms. The van der Waals surface area contributed by atoms with E-state index in [0.717, 1.165) is 40.6 Å². The average Bonchev–Trinajstić information content (AvgIpc) is 2.72. The van der Waals surface area contributed by atoms with Gasteiger partial charge in [0.2, 0.25) is 0 Å². The van der Waals surface area contributed by atoms with Gasteiger partial charge in [0, 0.05) is 17.6 Å². The lowest BCUT2D eigenvalue weighted by atomic mass is 9.88. The number of nitrogens with one attached hydrogen (secondary N) is 1. The zero-order valence-electron chi connectivity index (χ0n) is 16.6. The zero-order chi connectivity index (χ0) is 20.1. The molecule has 1 unspecified atom stereocenters. The minimum Gasteiger partial charge on any atom is -0.493 e. The summed E-state index contributed by atoms with van der Waals surface area (Å²) in [6.07, 6.45) is 2.81. The summed E-state index contributed by atoms with van der Waals surface area (Å²) >= 11 is 3.50. The molecule has 5 nitrogen and oxygen atoms in total. The van der Waals surface area contributed by atoms with Crippen LogP contribution in [0.15, 0.2) is 40.9 Å². The molecular weight excluding hydrogens is 420 g/mol. The molecule has 6 heteroatoms. The van der Waals surface area contributed by atoms with Gasteiger partial charge in [0.25, 0.3) is 0 Å². The lowest BCUT2D eigenvalue weighted by Crippen LogP contribution is -2.46. The summed E-state index contributed by atoms with van der Waals surface area (Å²) in [4.78, 5) is 14.9. The van der Waals surface area contributed by atoms with E-state index < -0.39 is 0 Å². The molecule has 0 saturated heterocycles. The van der Waals surface area contributed by atoms with Crippen LogP contribution in [0.5, 0.6) is 11.5 Å². The fourth-order valence-electron chi connectivity index (χ4n) is 3.64. The van der Waals surface area contributed by atoms with Gasteiger partial charge in [0.1, 0.15) is 0 Å². The topological polar surface area (TPSA) is 50.8 Å². The summed E-state index contributed by atoms with van der Waals surface area (Å²) in [7, 11) is 3.28. The number of unbranched alkanes of at least 4 members (excludes halogenated alkanes) is 1. The third-order valence-electron chi connectivity index (χ3n) is 5.13. The minimum absolute atomic E-state index is 0.0261. The van der Waals surface area contributed by atoms with Crippen LogP contribution >= 0.6 is 15.9 Å². The van der Waals surface area contributed by atoms with Crippen molar-refractivity contribution in [2.75, 3.05) is 27.3 Å². The third kappa shape index (κ3) is 4.27. The third-order valence-corrected chi connectivity index (χ3v) is 5.66. The Morgan fingerprint density at radius 1 is 1.18 bits per heavy atom. The van der Waals surface area contributed by atoms with E-state index >= 15 is 0 Å². The highest BCUT2D eigenvalue weighted by molar-refractivity contribution is 9.10. The van der Waals surface area contributed by atoms with Crippen molar-refractivity contribution in [1.82, 2.24) is 10.2 Å². The maximum Gasteiger partial charge on any atom is 0.318 e. The molecule has 2 aromatic rings. The van der Waals surface area contributed by atoms with Crippen molar-refractivity contribution >= 4 is 22.0 Å². The van der Waals surface area contributed by atoms with Gasteiger partial charge in [-0.05, 0) is 53.8 Å². The summed E-state index contributed by atoms with van der Waals surface area (Å²) in [5.74, 6) is 1.40. The molecule has 0 saturated carbocycles. The standard InChI is InChI=1S/C22H27BrN2O3/c1-4-5-11-24-22(26)25-12-10-16-13-19(27-2)20(28-3)14-18(16)21(25)15-6-8-17(23)9-7-15/h6-9,13-14,21H,4-5,10-12H2,1-3H3,(H,24,26). The number of nitrogens with zero attached hydrogens (tertiary/aromatic N) is 1. The largest absolute Gasteiger partial charge is 0.493 e. The number of halogens is 1. The van der Waals surface area contributed by atoms with Crippen molar-refractivity contribution in [3.63, 3.8) is 0 Å². The number of fused-ring (bicyclic) bond motifs is 1. The van der Waals surface area contributed by atoms with Crippen LogP contribution in [0.25, 0.3) is 0 Å². The Morgan fingerprint density at radius 3 is 2.50 bits per heavy atom. The van der Waals surface area contributed by atoms with Crippen molar-refractivity contribution in [3.05, 3.63) is 57.6 Å². The van der Waals surface area contributed by atoms with Gasteiger partial charge in [-0.1, -0.05) is 41.4 Å². The number of hydrogen-bond acceptors (Lipinski definition) is 3. The van der Waals surface area contributed by atoms with Crippen LogP contribution in [0.4, 0.5) is 4.79 Å². The fourth-order valence-corrected chi connectivity index (χ4v) is 3.91. The Balaban J connectivity index is 2.03. The van der Waals surface area contributed by atoms with Crippen molar-refractivity contribution in [3.8, 4) is 11.5 Å². The lowest BCUT2D eigenvalue weighted by molar-refractivity contribution is 0.180. The van der Waals surface area contributed by atoms with Crippen LogP contribution in [0.3, 0.4) is 0 Å². The van der Waals surface area contributed by atoms with Crippen molar-refractivity contribution in [1.29, 1.82) is 0 Å². The SMILES string of the molecule is CCCCNC(=O)N1CCc2cc(OC)c(OC)cc2C1c1ccc(Br)cc1. The lowest BCUT2D eigenvalue weighted by Gasteiger charge is -2.38. The number of methoxy groups -OCH3 is 2.